The molecule has 0 radical (unpaired) electrons. The van der Waals surface area contributed by atoms with Gasteiger partial charge in [0, 0.05) is 43.3 Å². The van der Waals surface area contributed by atoms with Crippen LogP contribution >= 0.6 is 0 Å². The van der Waals surface area contributed by atoms with E-state index in [0.29, 0.717) is 17.8 Å². The highest BCUT2D eigenvalue weighted by Gasteiger charge is 2.45. The number of aromatic nitrogens is 3. The van der Waals surface area contributed by atoms with Crippen LogP contribution in [0.5, 0.6) is 0 Å². The molecule has 6 heteroatoms. The number of nitrogens with zero attached hydrogens (tertiary/aromatic N) is 6. The van der Waals surface area contributed by atoms with Gasteiger partial charge in [-0.3, -0.25) is 0 Å². The number of piperidine rings is 1. The van der Waals surface area contributed by atoms with Gasteiger partial charge in [0.05, 0.1) is 0 Å². The number of pyridine rings is 1. The molecule has 6 nitrogen and oxygen atoms in total. The van der Waals surface area contributed by atoms with Gasteiger partial charge in [0.25, 0.3) is 0 Å². The molecule has 0 aromatic carbocycles. The highest BCUT2D eigenvalue weighted by atomic mass is 15.4. The van der Waals surface area contributed by atoms with E-state index in [2.05, 4.69) is 30.8 Å². The molecule has 0 saturated carbocycles. The Morgan fingerprint density at radius 1 is 1.18 bits per heavy atom. The Morgan fingerprint density at radius 2 is 1.95 bits per heavy atom. The first kappa shape index (κ1) is 13.0. The zero-order valence-corrected chi connectivity index (χ0v) is 12.3. The number of fused-ring (bicyclic) bond motifs is 2. The molecule has 0 amide bonds. The molecule has 3 fully saturated rings. The maximum atomic E-state index is 9.00. The topological polar surface area (TPSA) is 68.9 Å². The van der Waals surface area contributed by atoms with Crippen LogP contribution in [0.2, 0.25) is 0 Å². The summed E-state index contributed by atoms with van der Waals surface area (Å²) in [5, 5.41) is 9.00. The van der Waals surface area contributed by atoms with Crippen molar-refractivity contribution < 1.29 is 0 Å². The third kappa shape index (κ3) is 2.06. The van der Waals surface area contributed by atoms with Crippen molar-refractivity contribution in [1.82, 2.24) is 15.0 Å². The van der Waals surface area contributed by atoms with Gasteiger partial charge >= 0.3 is 0 Å². The fourth-order valence-corrected chi connectivity index (χ4v) is 3.48. The Labute approximate surface area is 129 Å². The second-order valence-corrected chi connectivity index (χ2v) is 5.83. The summed E-state index contributed by atoms with van der Waals surface area (Å²) < 4.78 is 0. The van der Waals surface area contributed by atoms with Gasteiger partial charge in [-0.1, -0.05) is 0 Å². The zero-order chi connectivity index (χ0) is 15.1. The van der Waals surface area contributed by atoms with Crippen LogP contribution in [0.3, 0.4) is 0 Å². The SMILES string of the molecule is Cc1nccc(N2CC3CC(C2)N3c2ccnc(C#N)c2)n1. The molecule has 5 rings (SSSR count). The first-order valence-corrected chi connectivity index (χ1v) is 7.43. The van der Waals surface area contributed by atoms with Crippen LogP contribution in [0.1, 0.15) is 17.9 Å². The molecule has 5 heterocycles. The minimum absolute atomic E-state index is 0.475. The molecule has 3 aliphatic heterocycles. The summed E-state index contributed by atoms with van der Waals surface area (Å²) in [6, 6.07) is 8.91. The van der Waals surface area contributed by atoms with Gasteiger partial charge in [-0.2, -0.15) is 5.26 Å². The summed E-state index contributed by atoms with van der Waals surface area (Å²) in [4.78, 5) is 17.5. The smallest absolute Gasteiger partial charge is 0.142 e. The fourth-order valence-electron chi connectivity index (χ4n) is 3.48. The van der Waals surface area contributed by atoms with Crippen LogP contribution in [0.25, 0.3) is 0 Å². The van der Waals surface area contributed by atoms with E-state index in [1.165, 1.54) is 6.42 Å². The molecule has 2 unspecified atom stereocenters. The first-order valence-electron chi connectivity index (χ1n) is 7.43. The highest BCUT2D eigenvalue weighted by molar-refractivity contribution is 5.57. The maximum Gasteiger partial charge on any atom is 0.142 e. The van der Waals surface area contributed by atoms with Gasteiger partial charge in [0.2, 0.25) is 0 Å². The summed E-state index contributed by atoms with van der Waals surface area (Å²) in [5.74, 6) is 1.82. The second-order valence-electron chi connectivity index (χ2n) is 5.83. The summed E-state index contributed by atoms with van der Waals surface area (Å²) >= 11 is 0. The predicted octanol–water partition coefficient (Wildman–Crippen LogP) is 1.52. The molecular formula is C16H16N6. The number of piperazine rings is 1. The Kier molecular flexibility index (Phi) is 2.93. The third-order valence-electron chi connectivity index (χ3n) is 4.43. The van der Waals surface area contributed by atoms with E-state index in [-0.39, 0.29) is 0 Å². The van der Waals surface area contributed by atoms with Crippen molar-refractivity contribution in [3.8, 4) is 6.07 Å². The second kappa shape index (κ2) is 4.95. The van der Waals surface area contributed by atoms with Crippen molar-refractivity contribution in [2.75, 3.05) is 22.9 Å². The maximum absolute atomic E-state index is 9.00. The van der Waals surface area contributed by atoms with Crippen molar-refractivity contribution in [1.29, 1.82) is 5.26 Å². The van der Waals surface area contributed by atoms with Gasteiger partial charge in [-0.05, 0) is 31.5 Å². The predicted molar refractivity (Wildman–Crippen MR) is 82.6 cm³/mol. The quantitative estimate of drug-likeness (QED) is 0.836. The molecule has 0 N–H and O–H groups in total. The van der Waals surface area contributed by atoms with Crippen LogP contribution in [0.4, 0.5) is 11.5 Å². The molecule has 2 aromatic heterocycles. The molecule has 3 saturated heterocycles. The summed E-state index contributed by atoms with van der Waals surface area (Å²) in [7, 11) is 0. The van der Waals surface area contributed by atoms with Crippen molar-refractivity contribution in [3.05, 3.63) is 42.1 Å². The number of anilines is 2. The van der Waals surface area contributed by atoms with Gasteiger partial charge < -0.3 is 9.80 Å². The lowest BCUT2D eigenvalue weighted by Gasteiger charge is -2.57. The van der Waals surface area contributed by atoms with Crippen LogP contribution in [0.15, 0.2) is 30.6 Å². The minimum Gasteiger partial charge on any atom is -0.362 e. The first-order chi connectivity index (χ1) is 10.7. The molecule has 110 valence electrons. The molecule has 2 atom stereocenters. The molecule has 0 aliphatic carbocycles. The van der Waals surface area contributed by atoms with Crippen LogP contribution in [-0.2, 0) is 0 Å². The third-order valence-corrected chi connectivity index (χ3v) is 4.43. The molecule has 3 aliphatic rings. The standard InChI is InChI=1S/C16H16N6/c1-11-18-5-3-16(20-11)21-9-14-7-15(10-21)22(14)13-2-4-19-12(6-13)8-17/h2-6,14-15H,7,9-10H2,1H3. The summed E-state index contributed by atoms with van der Waals surface area (Å²) in [6.07, 6.45) is 4.73. The van der Waals surface area contributed by atoms with Gasteiger partial charge in [-0.25, -0.2) is 15.0 Å². The van der Waals surface area contributed by atoms with Crippen molar-refractivity contribution in [3.63, 3.8) is 0 Å². The van der Waals surface area contributed by atoms with Crippen molar-refractivity contribution >= 4 is 11.5 Å². The van der Waals surface area contributed by atoms with Crippen LogP contribution in [-0.4, -0.2) is 40.1 Å². The van der Waals surface area contributed by atoms with E-state index in [4.69, 9.17) is 5.26 Å². The lowest BCUT2D eigenvalue weighted by Crippen LogP contribution is -2.69. The average Bonchev–Trinajstić information content (AvgIpc) is 2.55. The number of aryl methyl sites for hydroxylation is 1. The summed E-state index contributed by atoms with van der Waals surface area (Å²) in [5.41, 5.74) is 1.58. The minimum atomic E-state index is 0.475. The van der Waals surface area contributed by atoms with Crippen LogP contribution < -0.4 is 9.80 Å². The Balaban J connectivity index is 1.54. The Hall–Kier alpha value is -2.68. The van der Waals surface area contributed by atoms with E-state index < -0.39 is 0 Å². The number of hydrogen-bond acceptors (Lipinski definition) is 6. The van der Waals surface area contributed by atoms with Crippen molar-refractivity contribution in [2.45, 2.75) is 25.4 Å². The average molecular weight is 292 g/mol. The molecule has 2 bridgehead atoms. The van der Waals surface area contributed by atoms with E-state index in [1.54, 1.807) is 6.20 Å². The fraction of sp³-hybridized carbons (Fsp3) is 0.375. The lowest BCUT2D eigenvalue weighted by atomic mass is 9.86. The van der Waals surface area contributed by atoms with E-state index in [9.17, 15) is 0 Å². The largest absolute Gasteiger partial charge is 0.362 e. The Bertz CT molecular complexity index is 740. The normalized spacial score (nSPS) is 22.9. The zero-order valence-electron chi connectivity index (χ0n) is 12.3. The number of nitriles is 1. The molecule has 2 aromatic rings. The summed E-state index contributed by atoms with van der Waals surface area (Å²) in [6.45, 7) is 3.83. The van der Waals surface area contributed by atoms with Gasteiger partial charge in [-0.15, -0.1) is 0 Å². The number of rotatable bonds is 2. The van der Waals surface area contributed by atoms with Crippen LogP contribution in [0, 0.1) is 18.3 Å². The monoisotopic (exact) mass is 292 g/mol. The van der Waals surface area contributed by atoms with E-state index >= 15 is 0 Å². The lowest BCUT2D eigenvalue weighted by molar-refractivity contribution is 0.290. The molecule has 0 spiro atoms. The van der Waals surface area contributed by atoms with Gasteiger partial charge in [0.15, 0.2) is 0 Å². The molecule has 22 heavy (non-hydrogen) atoms. The Morgan fingerprint density at radius 3 is 2.68 bits per heavy atom. The van der Waals surface area contributed by atoms with Crippen molar-refractivity contribution in [2.24, 2.45) is 0 Å². The van der Waals surface area contributed by atoms with E-state index in [1.807, 2.05) is 31.3 Å². The van der Waals surface area contributed by atoms with E-state index in [0.717, 1.165) is 30.4 Å². The van der Waals surface area contributed by atoms with Gasteiger partial charge in [0.1, 0.15) is 23.4 Å². The number of hydrogen-bond donors (Lipinski definition) is 0. The highest BCUT2D eigenvalue weighted by Crippen LogP contribution is 2.38. The molecular weight excluding hydrogens is 276 g/mol.